The highest BCUT2D eigenvalue weighted by Crippen LogP contribution is 2.39. The molecule has 2 aromatic carbocycles. The maximum atomic E-state index is 12.4. The Morgan fingerprint density at radius 1 is 1.24 bits per heavy atom. The second-order valence-electron chi connectivity index (χ2n) is 7.21. The number of carbonyl (C=O) groups is 1. The fourth-order valence-corrected chi connectivity index (χ4v) is 3.97. The zero-order chi connectivity index (χ0) is 17.9. The van der Waals surface area contributed by atoms with Crippen LogP contribution in [-0.2, 0) is 10.5 Å². The van der Waals surface area contributed by atoms with Gasteiger partial charge in [0.2, 0.25) is 5.91 Å². The number of hydrogen-bond donors (Lipinski definition) is 1. The SMILES string of the molecule is Cc1ccc2c(c1)C(NC(=O)CSCc1ccccc1)CC(C)(C)O2. The fraction of sp³-hybridized carbons (Fsp3) is 0.381. The van der Waals surface area contributed by atoms with Crippen LogP contribution in [0.25, 0.3) is 0 Å². The van der Waals surface area contributed by atoms with Crippen molar-refractivity contribution in [1.82, 2.24) is 5.32 Å². The van der Waals surface area contributed by atoms with Gasteiger partial charge in [-0.05, 0) is 32.4 Å². The predicted molar refractivity (Wildman–Crippen MR) is 104 cm³/mol. The van der Waals surface area contributed by atoms with Gasteiger partial charge in [0.25, 0.3) is 0 Å². The van der Waals surface area contributed by atoms with E-state index in [1.165, 1.54) is 11.1 Å². The molecule has 2 aromatic rings. The highest BCUT2D eigenvalue weighted by molar-refractivity contribution is 7.99. The third kappa shape index (κ3) is 4.79. The second kappa shape index (κ2) is 7.52. The quantitative estimate of drug-likeness (QED) is 0.849. The molecule has 1 atom stereocenters. The van der Waals surface area contributed by atoms with Crippen LogP contribution in [0.3, 0.4) is 0 Å². The fourth-order valence-electron chi connectivity index (χ4n) is 3.17. The average molecular weight is 356 g/mol. The van der Waals surface area contributed by atoms with Gasteiger partial charge in [0.1, 0.15) is 11.4 Å². The van der Waals surface area contributed by atoms with E-state index in [1.807, 2.05) is 24.3 Å². The van der Waals surface area contributed by atoms with Crippen molar-refractivity contribution in [3.05, 3.63) is 65.2 Å². The van der Waals surface area contributed by atoms with Crippen molar-refractivity contribution in [2.75, 3.05) is 5.75 Å². The third-order valence-corrected chi connectivity index (χ3v) is 5.31. The molecule has 132 valence electrons. The van der Waals surface area contributed by atoms with E-state index in [1.54, 1.807) is 11.8 Å². The molecule has 0 aliphatic carbocycles. The van der Waals surface area contributed by atoms with Crippen molar-refractivity contribution in [3.63, 3.8) is 0 Å². The molecule has 25 heavy (non-hydrogen) atoms. The van der Waals surface area contributed by atoms with Crippen LogP contribution in [0.4, 0.5) is 0 Å². The van der Waals surface area contributed by atoms with Crippen molar-refractivity contribution >= 4 is 17.7 Å². The Hall–Kier alpha value is -1.94. The van der Waals surface area contributed by atoms with Crippen molar-refractivity contribution < 1.29 is 9.53 Å². The number of nitrogens with one attached hydrogen (secondary N) is 1. The minimum atomic E-state index is -0.280. The van der Waals surface area contributed by atoms with Gasteiger partial charge >= 0.3 is 0 Å². The lowest BCUT2D eigenvalue weighted by atomic mass is 9.89. The van der Waals surface area contributed by atoms with Crippen LogP contribution in [-0.4, -0.2) is 17.3 Å². The van der Waals surface area contributed by atoms with Gasteiger partial charge in [0, 0.05) is 17.7 Å². The molecule has 0 saturated heterocycles. The molecular formula is C21H25NO2S. The highest BCUT2D eigenvalue weighted by atomic mass is 32.2. The monoisotopic (exact) mass is 355 g/mol. The van der Waals surface area contributed by atoms with Crippen molar-refractivity contribution in [3.8, 4) is 5.75 Å². The minimum absolute atomic E-state index is 0.00322. The molecule has 1 aliphatic heterocycles. The smallest absolute Gasteiger partial charge is 0.230 e. The van der Waals surface area contributed by atoms with Crippen LogP contribution in [0.5, 0.6) is 5.75 Å². The molecule has 4 heteroatoms. The molecule has 1 N–H and O–H groups in total. The van der Waals surface area contributed by atoms with E-state index in [0.717, 1.165) is 23.5 Å². The van der Waals surface area contributed by atoms with Crippen LogP contribution in [0, 0.1) is 6.92 Å². The van der Waals surface area contributed by atoms with Crippen LogP contribution in [0.1, 0.15) is 43.0 Å². The summed E-state index contributed by atoms with van der Waals surface area (Å²) in [5.74, 6) is 2.28. The number of hydrogen-bond acceptors (Lipinski definition) is 3. The molecule has 1 aliphatic rings. The number of carbonyl (C=O) groups excluding carboxylic acids is 1. The van der Waals surface area contributed by atoms with Crippen LogP contribution >= 0.6 is 11.8 Å². The van der Waals surface area contributed by atoms with Crippen LogP contribution in [0.2, 0.25) is 0 Å². The number of benzene rings is 2. The summed E-state index contributed by atoms with van der Waals surface area (Å²) in [6.45, 7) is 6.20. The Labute approximate surface area is 154 Å². The minimum Gasteiger partial charge on any atom is -0.487 e. The van der Waals surface area contributed by atoms with Crippen molar-refractivity contribution in [2.24, 2.45) is 0 Å². The lowest BCUT2D eigenvalue weighted by molar-refractivity contribution is -0.119. The first-order chi connectivity index (χ1) is 11.9. The van der Waals surface area contributed by atoms with E-state index in [9.17, 15) is 4.79 Å². The standard InChI is InChI=1S/C21H25NO2S/c1-15-9-10-19-17(11-15)18(12-21(2,3)24-19)22-20(23)14-25-13-16-7-5-4-6-8-16/h4-11,18H,12-14H2,1-3H3,(H,22,23). The molecule has 1 heterocycles. The number of aryl methyl sites for hydroxylation is 1. The highest BCUT2D eigenvalue weighted by Gasteiger charge is 2.34. The number of ether oxygens (including phenoxy) is 1. The van der Waals surface area contributed by atoms with E-state index >= 15 is 0 Å². The topological polar surface area (TPSA) is 38.3 Å². The molecule has 0 fully saturated rings. The number of amides is 1. The Balaban J connectivity index is 1.61. The normalized spacial score (nSPS) is 18.1. The van der Waals surface area contributed by atoms with Gasteiger partial charge in [-0.25, -0.2) is 0 Å². The predicted octanol–water partition coefficient (Wildman–Crippen LogP) is 4.65. The molecule has 0 aromatic heterocycles. The summed E-state index contributed by atoms with van der Waals surface area (Å²) in [7, 11) is 0. The van der Waals surface area contributed by atoms with E-state index in [0.29, 0.717) is 5.75 Å². The Bertz CT molecular complexity index is 743. The van der Waals surface area contributed by atoms with Gasteiger partial charge in [0.05, 0.1) is 11.8 Å². The van der Waals surface area contributed by atoms with E-state index in [-0.39, 0.29) is 17.6 Å². The Morgan fingerprint density at radius 3 is 2.76 bits per heavy atom. The maximum absolute atomic E-state index is 12.4. The molecule has 3 nitrogen and oxygen atoms in total. The van der Waals surface area contributed by atoms with E-state index in [4.69, 9.17) is 4.74 Å². The van der Waals surface area contributed by atoms with Gasteiger partial charge in [-0.2, -0.15) is 0 Å². The largest absolute Gasteiger partial charge is 0.487 e. The zero-order valence-corrected chi connectivity index (χ0v) is 15.9. The van der Waals surface area contributed by atoms with Gasteiger partial charge in [0.15, 0.2) is 0 Å². The summed E-state index contributed by atoms with van der Waals surface area (Å²) >= 11 is 1.64. The van der Waals surface area contributed by atoms with E-state index in [2.05, 4.69) is 50.4 Å². The van der Waals surface area contributed by atoms with Gasteiger partial charge in [-0.15, -0.1) is 11.8 Å². The average Bonchev–Trinajstić information content (AvgIpc) is 2.56. The second-order valence-corrected chi connectivity index (χ2v) is 8.19. The summed E-state index contributed by atoms with van der Waals surface area (Å²) in [5, 5.41) is 3.20. The molecule has 3 rings (SSSR count). The molecule has 0 spiro atoms. The summed E-state index contributed by atoms with van der Waals surface area (Å²) in [6.07, 6.45) is 0.776. The van der Waals surface area contributed by atoms with Crippen molar-refractivity contribution in [1.29, 1.82) is 0 Å². The molecule has 0 saturated carbocycles. The summed E-state index contributed by atoms with van der Waals surface area (Å²) < 4.78 is 6.07. The Morgan fingerprint density at radius 2 is 2.00 bits per heavy atom. The van der Waals surface area contributed by atoms with Gasteiger partial charge in [-0.3, -0.25) is 4.79 Å². The molecule has 0 radical (unpaired) electrons. The first kappa shape index (κ1) is 17.9. The lowest BCUT2D eigenvalue weighted by Crippen LogP contribution is -2.41. The van der Waals surface area contributed by atoms with E-state index < -0.39 is 0 Å². The summed E-state index contributed by atoms with van der Waals surface area (Å²) in [6, 6.07) is 16.4. The summed E-state index contributed by atoms with van der Waals surface area (Å²) in [4.78, 5) is 12.4. The van der Waals surface area contributed by atoms with Gasteiger partial charge in [-0.1, -0.05) is 48.0 Å². The first-order valence-electron chi connectivity index (χ1n) is 8.63. The molecule has 0 bridgehead atoms. The Kier molecular flexibility index (Phi) is 5.38. The number of thioether (sulfide) groups is 1. The maximum Gasteiger partial charge on any atom is 0.230 e. The summed E-state index contributed by atoms with van der Waals surface area (Å²) in [5.41, 5.74) is 3.23. The van der Waals surface area contributed by atoms with Crippen molar-refractivity contribution in [2.45, 2.75) is 44.6 Å². The number of fused-ring (bicyclic) bond motifs is 1. The van der Waals surface area contributed by atoms with Crippen LogP contribution in [0.15, 0.2) is 48.5 Å². The third-order valence-electron chi connectivity index (χ3n) is 4.30. The zero-order valence-electron chi connectivity index (χ0n) is 15.0. The number of rotatable bonds is 5. The first-order valence-corrected chi connectivity index (χ1v) is 9.79. The van der Waals surface area contributed by atoms with Gasteiger partial charge < -0.3 is 10.1 Å². The molecular weight excluding hydrogens is 330 g/mol. The molecule has 1 amide bonds. The van der Waals surface area contributed by atoms with Crippen LogP contribution < -0.4 is 10.1 Å². The lowest BCUT2D eigenvalue weighted by Gasteiger charge is -2.38. The molecule has 1 unspecified atom stereocenters.